The molecular formula is C18H15BrN2. The molecule has 0 atom stereocenters. The number of nitrogens with two attached hydrogens (primary N) is 1. The molecule has 3 aromatic carbocycles. The SMILES string of the molecule is Nc1ccc(Nc2ccc(-c3ccccc3)cc2)c(Br)c1. The van der Waals surface area contributed by atoms with Crippen molar-refractivity contribution in [3.8, 4) is 11.1 Å². The molecule has 2 nitrogen and oxygen atoms in total. The zero-order valence-electron chi connectivity index (χ0n) is 11.4. The van der Waals surface area contributed by atoms with Crippen molar-refractivity contribution in [1.29, 1.82) is 0 Å². The van der Waals surface area contributed by atoms with Crippen LogP contribution in [0.2, 0.25) is 0 Å². The quantitative estimate of drug-likeness (QED) is 0.624. The lowest BCUT2D eigenvalue weighted by Crippen LogP contribution is -1.93. The molecule has 3 rings (SSSR count). The largest absolute Gasteiger partial charge is 0.399 e. The Balaban J connectivity index is 1.81. The van der Waals surface area contributed by atoms with E-state index < -0.39 is 0 Å². The molecule has 0 aromatic heterocycles. The number of benzene rings is 3. The Morgan fingerprint density at radius 1 is 0.762 bits per heavy atom. The van der Waals surface area contributed by atoms with Crippen molar-refractivity contribution in [1.82, 2.24) is 0 Å². The maximum absolute atomic E-state index is 5.75. The van der Waals surface area contributed by atoms with Gasteiger partial charge in [0.15, 0.2) is 0 Å². The van der Waals surface area contributed by atoms with Crippen LogP contribution in [0.1, 0.15) is 0 Å². The molecule has 0 aliphatic carbocycles. The minimum atomic E-state index is 0.742. The van der Waals surface area contributed by atoms with Gasteiger partial charge in [0.25, 0.3) is 0 Å². The van der Waals surface area contributed by atoms with Gasteiger partial charge in [0.05, 0.1) is 5.69 Å². The smallest absolute Gasteiger partial charge is 0.0530 e. The summed E-state index contributed by atoms with van der Waals surface area (Å²) >= 11 is 3.51. The van der Waals surface area contributed by atoms with Crippen LogP contribution in [0.3, 0.4) is 0 Å². The molecular weight excluding hydrogens is 324 g/mol. The van der Waals surface area contributed by atoms with Crippen LogP contribution in [-0.2, 0) is 0 Å². The number of rotatable bonds is 3. The Hall–Kier alpha value is -2.26. The Morgan fingerprint density at radius 2 is 1.43 bits per heavy atom. The fourth-order valence-electron chi connectivity index (χ4n) is 2.16. The summed E-state index contributed by atoms with van der Waals surface area (Å²) in [6.07, 6.45) is 0. The number of nitrogen functional groups attached to an aromatic ring is 1. The summed E-state index contributed by atoms with van der Waals surface area (Å²) in [5, 5.41) is 3.38. The van der Waals surface area contributed by atoms with Gasteiger partial charge < -0.3 is 11.1 Å². The van der Waals surface area contributed by atoms with Crippen LogP contribution in [0.15, 0.2) is 77.3 Å². The van der Waals surface area contributed by atoms with Gasteiger partial charge >= 0.3 is 0 Å². The predicted molar refractivity (Wildman–Crippen MR) is 93.7 cm³/mol. The standard InChI is InChI=1S/C18H15BrN2/c19-17-12-15(20)8-11-18(17)21-16-9-6-14(7-10-16)13-4-2-1-3-5-13/h1-12,21H,20H2. The van der Waals surface area contributed by atoms with Crippen LogP contribution < -0.4 is 11.1 Å². The predicted octanol–water partition coefficient (Wildman–Crippen LogP) is 5.44. The number of nitrogens with one attached hydrogen (secondary N) is 1. The second kappa shape index (κ2) is 6.02. The number of halogens is 1. The lowest BCUT2D eigenvalue weighted by molar-refractivity contribution is 1.52. The van der Waals surface area contributed by atoms with E-state index in [4.69, 9.17) is 5.73 Å². The highest BCUT2D eigenvalue weighted by Crippen LogP contribution is 2.29. The highest BCUT2D eigenvalue weighted by molar-refractivity contribution is 9.10. The Labute approximate surface area is 132 Å². The van der Waals surface area contributed by atoms with Gasteiger partial charge in [0.1, 0.15) is 0 Å². The molecule has 0 unspecified atom stereocenters. The Kier molecular flexibility index (Phi) is 3.93. The van der Waals surface area contributed by atoms with E-state index in [2.05, 4.69) is 57.6 Å². The van der Waals surface area contributed by atoms with E-state index in [9.17, 15) is 0 Å². The van der Waals surface area contributed by atoms with E-state index >= 15 is 0 Å². The molecule has 0 amide bonds. The van der Waals surface area contributed by atoms with Crippen molar-refractivity contribution < 1.29 is 0 Å². The van der Waals surface area contributed by atoms with Crippen LogP contribution in [0.4, 0.5) is 17.1 Å². The first kappa shape index (κ1) is 13.7. The summed E-state index contributed by atoms with van der Waals surface area (Å²) in [7, 11) is 0. The molecule has 0 radical (unpaired) electrons. The van der Waals surface area contributed by atoms with E-state index in [-0.39, 0.29) is 0 Å². The third kappa shape index (κ3) is 3.26. The van der Waals surface area contributed by atoms with Gasteiger partial charge in [-0.2, -0.15) is 0 Å². The summed E-state index contributed by atoms with van der Waals surface area (Å²) in [5.74, 6) is 0. The van der Waals surface area contributed by atoms with Gasteiger partial charge in [0.2, 0.25) is 0 Å². The first-order chi connectivity index (χ1) is 10.2. The van der Waals surface area contributed by atoms with E-state index in [0.717, 1.165) is 21.5 Å². The van der Waals surface area contributed by atoms with Gasteiger partial charge in [-0.25, -0.2) is 0 Å². The highest BCUT2D eigenvalue weighted by Gasteiger charge is 2.02. The summed E-state index contributed by atoms with van der Waals surface area (Å²) in [6, 6.07) is 24.5. The lowest BCUT2D eigenvalue weighted by Gasteiger charge is -2.10. The molecule has 0 spiro atoms. The fraction of sp³-hybridized carbons (Fsp3) is 0. The second-order valence-electron chi connectivity index (χ2n) is 4.81. The maximum atomic E-state index is 5.75. The van der Waals surface area contributed by atoms with Crippen molar-refractivity contribution in [3.05, 3.63) is 77.3 Å². The first-order valence-electron chi connectivity index (χ1n) is 6.70. The maximum Gasteiger partial charge on any atom is 0.0530 e. The Bertz CT molecular complexity index is 737. The van der Waals surface area contributed by atoms with Gasteiger partial charge in [-0.3, -0.25) is 0 Å². The normalized spacial score (nSPS) is 10.3. The monoisotopic (exact) mass is 338 g/mol. The molecule has 104 valence electrons. The molecule has 0 saturated carbocycles. The average molecular weight is 339 g/mol. The van der Waals surface area contributed by atoms with Crippen LogP contribution in [0, 0.1) is 0 Å². The number of hydrogen-bond acceptors (Lipinski definition) is 2. The number of anilines is 3. The van der Waals surface area contributed by atoms with Crippen molar-refractivity contribution >= 4 is 33.0 Å². The topological polar surface area (TPSA) is 38.0 Å². The van der Waals surface area contributed by atoms with Gasteiger partial charge in [-0.05, 0) is 57.4 Å². The van der Waals surface area contributed by atoms with Crippen LogP contribution in [0.5, 0.6) is 0 Å². The summed E-state index contributed by atoms with van der Waals surface area (Å²) in [6.45, 7) is 0. The van der Waals surface area contributed by atoms with E-state index in [0.29, 0.717) is 0 Å². The first-order valence-corrected chi connectivity index (χ1v) is 7.49. The third-order valence-corrected chi connectivity index (χ3v) is 3.92. The minimum Gasteiger partial charge on any atom is -0.399 e. The molecule has 3 aromatic rings. The number of hydrogen-bond donors (Lipinski definition) is 2. The van der Waals surface area contributed by atoms with Crippen LogP contribution >= 0.6 is 15.9 Å². The molecule has 21 heavy (non-hydrogen) atoms. The van der Waals surface area contributed by atoms with E-state index in [1.165, 1.54) is 11.1 Å². The summed E-state index contributed by atoms with van der Waals surface area (Å²) < 4.78 is 0.953. The van der Waals surface area contributed by atoms with Crippen molar-refractivity contribution in [2.75, 3.05) is 11.1 Å². The molecule has 0 bridgehead atoms. The van der Waals surface area contributed by atoms with Crippen LogP contribution in [-0.4, -0.2) is 0 Å². The molecule has 0 saturated heterocycles. The van der Waals surface area contributed by atoms with Crippen LogP contribution in [0.25, 0.3) is 11.1 Å². The lowest BCUT2D eigenvalue weighted by atomic mass is 10.1. The molecule has 0 aliphatic heterocycles. The minimum absolute atomic E-state index is 0.742. The van der Waals surface area contributed by atoms with Crippen molar-refractivity contribution in [3.63, 3.8) is 0 Å². The van der Waals surface area contributed by atoms with E-state index in [1.54, 1.807) is 0 Å². The average Bonchev–Trinajstić information content (AvgIpc) is 2.52. The van der Waals surface area contributed by atoms with E-state index in [1.807, 2.05) is 36.4 Å². The van der Waals surface area contributed by atoms with Gasteiger partial charge in [0, 0.05) is 15.8 Å². The zero-order chi connectivity index (χ0) is 14.7. The molecule has 3 heteroatoms. The fourth-order valence-corrected chi connectivity index (χ4v) is 2.66. The summed E-state index contributed by atoms with van der Waals surface area (Å²) in [4.78, 5) is 0. The highest BCUT2D eigenvalue weighted by atomic mass is 79.9. The third-order valence-electron chi connectivity index (χ3n) is 3.26. The van der Waals surface area contributed by atoms with Gasteiger partial charge in [-0.15, -0.1) is 0 Å². The Morgan fingerprint density at radius 3 is 2.10 bits per heavy atom. The second-order valence-corrected chi connectivity index (χ2v) is 5.66. The molecule has 0 aliphatic rings. The molecule has 3 N–H and O–H groups in total. The van der Waals surface area contributed by atoms with Gasteiger partial charge in [-0.1, -0.05) is 42.5 Å². The van der Waals surface area contributed by atoms with Crippen molar-refractivity contribution in [2.45, 2.75) is 0 Å². The molecule has 0 heterocycles. The van der Waals surface area contributed by atoms with Crippen molar-refractivity contribution in [2.24, 2.45) is 0 Å². The molecule has 0 fully saturated rings. The zero-order valence-corrected chi connectivity index (χ0v) is 13.0. The summed E-state index contributed by atoms with van der Waals surface area (Å²) in [5.41, 5.74) is 11.0.